The van der Waals surface area contributed by atoms with Crippen LogP contribution in [0.5, 0.6) is 0 Å². The highest BCUT2D eigenvalue weighted by Gasteiger charge is 2.39. The topological polar surface area (TPSA) is 104 Å². The highest BCUT2D eigenvalue weighted by atomic mass is 16.6. The number of amides is 1. The fourth-order valence-electron chi connectivity index (χ4n) is 4.07. The summed E-state index contributed by atoms with van der Waals surface area (Å²) in [6, 6.07) is 5.57. The van der Waals surface area contributed by atoms with Crippen molar-refractivity contribution in [2.45, 2.75) is 43.8 Å². The highest BCUT2D eigenvalue weighted by molar-refractivity contribution is 6.05. The Kier molecular flexibility index (Phi) is 3.49. The minimum Gasteiger partial charge on any atom is -0.348 e. The number of carbonyl (C=O) groups excluding carboxylic acids is 1. The Morgan fingerprint density at radius 2 is 2.08 bits per heavy atom. The van der Waals surface area contributed by atoms with Crippen LogP contribution in [-0.2, 0) is 0 Å². The van der Waals surface area contributed by atoms with Gasteiger partial charge in [0.25, 0.3) is 11.6 Å². The van der Waals surface area contributed by atoms with Gasteiger partial charge < -0.3 is 10.2 Å². The van der Waals surface area contributed by atoms with Crippen LogP contribution in [-0.4, -0.2) is 51.1 Å². The molecule has 2 bridgehead atoms. The average molecular weight is 329 g/mol. The zero-order valence-corrected chi connectivity index (χ0v) is 13.4. The van der Waals surface area contributed by atoms with Crippen molar-refractivity contribution in [1.82, 2.24) is 20.4 Å². The van der Waals surface area contributed by atoms with Gasteiger partial charge in [-0.25, -0.2) is 0 Å². The van der Waals surface area contributed by atoms with Gasteiger partial charge in [-0.1, -0.05) is 0 Å². The molecular formula is C16H19N5O3. The van der Waals surface area contributed by atoms with E-state index in [-0.39, 0.29) is 23.3 Å². The molecule has 0 saturated carbocycles. The second-order valence-corrected chi connectivity index (χ2v) is 6.75. The number of hydrogen-bond acceptors (Lipinski definition) is 5. The lowest BCUT2D eigenvalue weighted by molar-refractivity contribution is -0.384. The molecule has 3 atom stereocenters. The van der Waals surface area contributed by atoms with Gasteiger partial charge in [0.2, 0.25) is 0 Å². The van der Waals surface area contributed by atoms with E-state index < -0.39 is 4.92 Å². The number of nitrogens with one attached hydrogen (secondary N) is 2. The summed E-state index contributed by atoms with van der Waals surface area (Å²) in [6.07, 6.45) is 4.26. The number of non-ortho nitro benzene ring substituents is 1. The van der Waals surface area contributed by atoms with E-state index in [0.717, 1.165) is 12.8 Å². The highest BCUT2D eigenvalue weighted by Crippen LogP contribution is 2.34. The molecule has 2 N–H and O–H groups in total. The van der Waals surface area contributed by atoms with Crippen LogP contribution in [0.4, 0.5) is 5.69 Å². The fourth-order valence-corrected chi connectivity index (χ4v) is 4.07. The molecule has 8 nitrogen and oxygen atoms in total. The Morgan fingerprint density at radius 1 is 1.38 bits per heavy atom. The van der Waals surface area contributed by atoms with Crippen LogP contribution in [0.1, 0.15) is 36.2 Å². The van der Waals surface area contributed by atoms with Gasteiger partial charge in [-0.05, 0) is 38.8 Å². The number of benzene rings is 1. The lowest BCUT2D eigenvalue weighted by atomic mass is 9.98. The maximum atomic E-state index is 12.6. The van der Waals surface area contributed by atoms with E-state index in [9.17, 15) is 14.9 Å². The maximum absolute atomic E-state index is 12.6. The molecule has 1 aromatic carbocycles. The van der Waals surface area contributed by atoms with E-state index in [1.54, 1.807) is 6.07 Å². The second-order valence-electron chi connectivity index (χ2n) is 6.75. The molecule has 1 aromatic heterocycles. The monoisotopic (exact) mass is 329 g/mol. The van der Waals surface area contributed by atoms with Crippen LogP contribution in [0.25, 0.3) is 10.9 Å². The lowest BCUT2D eigenvalue weighted by Crippen LogP contribution is -2.48. The lowest BCUT2D eigenvalue weighted by Gasteiger charge is -2.36. The van der Waals surface area contributed by atoms with Crippen LogP contribution in [0.3, 0.4) is 0 Å². The number of piperidine rings is 1. The molecule has 3 heterocycles. The van der Waals surface area contributed by atoms with E-state index in [1.807, 2.05) is 0 Å². The number of aromatic nitrogens is 2. The molecule has 2 fully saturated rings. The molecule has 0 radical (unpaired) electrons. The molecular weight excluding hydrogens is 310 g/mol. The third-order valence-corrected chi connectivity index (χ3v) is 5.41. The minimum absolute atomic E-state index is 0.0460. The number of nitro benzene ring substituents is 1. The Balaban J connectivity index is 1.55. The van der Waals surface area contributed by atoms with Gasteiger partial charge in [-0.15, -0.1) is 0 Å². The molecule has 126 valence electrons. The summed E-state index contributed by atoms with van der Waals surface area (Å²) in [6.45, 7) is 0. The number of nitrogens with zero attached hydrogens (tertiary/aromatic N) is 3. The molecule has 8 heteroatoms. The standard InChI is InChI=1S/C16H19N5O3/c1-20-10-2-3-11(20)7-9(6-10)17-16(22)15-13-8-12(21(23)24)4-5-14(13)18-19-15/h4-5,8-11H,2-3,6-7H2,1H3,(H,17,22)(H,18,19)/t9-,10-,11+. The minimum atomic E-state index is -0.469. The van der Waals surface area contributed by atoms with Crippen molar-refractivity contribution in [2.75, 3.05) is 7.05 Å². The van der Waals surface area contributed by atoms with Gasteiger partial charge in [0.05, 0.1) is 10.4 Å². The van der Waals surface area contributed by atoms with Gasteiger partial charge >= 0.3 is 0 Å². The number of carbonyl (C=O) groups is 1. The summed E-state index contributed by atoms with van der Waals surface area (Å²) in [4.78, 5) is 25.5. The number of H-pyrrole nitrogens is 1. The van der Waals surface area contributed by atoms with Crippen molar-refractivity contribution < 1.29 is 9.72 Å². The van der Waals surface area contributed by atoms with Gasteiger partial charge in [0.1, 0.15) is 0 Å². The Morgan fingerprint density at radius 3 is 2.75 bits per heavy atom. The SMILES string of the molecule is CN1[C@@H]2CC[C@H]1C[C@H](NC(=O)c1n[nH]c3ccc([N+](=O)[O-])cc13)C2. The first kappa shape index (κ1) is 15.1. The van der Waals surface area contributed by atoms with Crippen molar-refractivity contribution >= 4 is 22.5 Å². The molecule has 2 saturated heterocycles. The quantitative estimate of drug-likeness (QED) is 0.660. The van der Waals surface area contributed by atoms with E-state index in [0.29, 0.717) is 23.0 Å². The first-order valence-corrected chi connectivity index (χ1v) is 8.18. The summed E-state index contributed by atoms with van der Waals surface area (Å²) >= 11 is 0. The predicted octanol–water partition coefficient (Wildman–Crippen LogP) is 1.83. The van der Waals surface area contributed by atoms with E-state index in [4.69, 9.17) is 0 Å². The van der Waals surface area contributed by atoms with Crippen molar-refractivity contribution in [3.05, 3.63) is 34.0 Å². The average Bonchev–Trinajstić information content (AvgIpc) is 3.05. The Bertz CT molecular complexity index is 803. The van der Waals surface area contributed by atoms with Crippen LogP contribution < -0.4 is 5.32 Å². The normalized spacial score (nSPS) is 26.6. The number of fused-ring (bicyclic) bond motifs is 3. The van der Waals surface area contributed by atoms with Gasteiger partial charge in [-0.3, -0.25) is 20.0 Å². The summed E-state index contributed by atoms with van der Waals surface area (Å²) in [5, 5.41) is 21.3. The fraction of sp³-hybridized carbons (Fsp3) is 0.500. The van der Waals surface area contributed by atoms with Crippen molar-refractivity contribution in [2.24, 2.45) is 0 Å². The summed E-state index contributed by atoms with van der Waals surface area (Å²) in [5.41, 5.74) is 0.796. The maximum Gasteiger partial charge on any atom is 0.272 e. The molecule has 2 aliphatic heterocycles. The van der Waals surface area contributed by atoms with Crippen LogP contribution in [0, 0.1) is 10.1 Å². The first-order chi connectivity index (χ1) is 11.5. The zero-order valence-electron chi connectivity index (χ0n) is 13.4. The zero-order chi connectivity index (χ0) is 16.8. The summed E-state index contributed by atoms with van der Waals surface area (Å²) < 4.78 is 0. The molecule has 0 spiro atoms. The second kappa shape index (κ2) is 5.55. The molecule has 1 amide bonds. The molecule has 0 aliphatic carbocycles. The molecule has 0 unspecified atom stereocenters. The molecule has 2 aliphatic rings. The Labute approximate surface area is 138 Å². The van der Waals surface area contributed by atoms with Gasteiger partial charge in [0.15, 0.2) is 5.69 Å². The number of hydrogen-bond donors (Lipinski definition) is 2. The Hall–Kier alpha value is -2.48. The summed E-state index contributed by atoms with van der Waals surface area (Å²) in [5.74, 6) is -0.268. The summed E-state index contributed by atoms with van der Waals surface area (Å²) in [7, 11) is 2.15. The van der Waals surface area contributed by atoms with E-state index in [1.165, 1.54) is 25.0 Å². The third kappa shape index (κ3) is 2.43. The van der Waals surface area contributed by atoms with Crippen molar-refractivity contribution in [3.63, 3.8) is 0 Å². The largest absolute Gasteiger partial charge is 0.348 e. The predicted molar refractivity (Wildman–Crippen MR) is 87.8 cm³/mol. The van der Waals surface area contributed by atoms with E-state index in [2.05, 4.69) is 27.5 Å². The third-order valence-electron chi connectivity index (χ3n) is 5.41. The number of aromatic amines is 1. The van der Waals surface area contributed by atoms with Gasteiger partial charge in [-0.2, -0.15) is 5.10 Å². The number of rotatable bonds is 3. The van der Waals surface area contributed by atoms with Crippen LogP contribution in [0.15, 0.2) is 18.2 Å². The molecule has 2 aromatic rings. The molecule has 4 rings (SSSR count). The van der Waals surface area contributed by atoms with Crippen LogP contribution in [0.2, 0.25) is 0 Å². The number of nitro groups is 1. The first-order valence-electron chi connectivity index (χ1n) is 8.18. The van der Waals surface area contributed by atoms with Crippen LogP contribution >= 0.6 is 0 Å². The van der Waals surface area contributed by atoms with E-state index >= 15 is 0 Å². The van der Waals surface area contributed by atoms with Crippen molar-refractivity contribution in [1.29, 1.82) is 0 Å². The smallest absolute Gasteiger partial charge is 0.272 e. The van der Waals surface area contributed by atoms with Gasteiger partial charge in [0, 0.05) is 35.6 Å². The van der Waals surface area contributed by atoms with Crippen molar-refractivity contribution in [3.8, 4) is 0 Å². The molecule has 24 heavy (non-hydrogen) atoms.